The summed E-state index contributed by atoms with van der Waals surface area (Å²) in [4.78, 5) is 15.6. The van der Waals surface area contributed by atoms with Crippen molar-refractivity contribution in [2.45, 2.75) is 19.8 Å². The molecular weight excluding hydrogens is 274 g/mol. The number of carbonyl (C=O) groups is 1. The fourth-order valence-electron chi connectivity index (χ4n) is 2.62. The number of aromatic nitrogens is 1. The number of pyridine rings is 1. The van der Waals surface area contributed by atoms with E-state index in [1.54, 1.807) is 12.1 Å². The molecule has 0 saturated carbocycles. The zero-order chi connectivity index (χ0) is 15.5. The lowest BCUT2D eigenvalue weighted by atomic mass is 9.99. The van der Waals surface area contributed by atoms with Crippen LogP contribution in [-0.2, 0) is 12.8 Å². The lowest BCUT2D eigenvalue weighted by Gasteiger charge is -2.09. The van der Waals surface area contributed by atoms with Crippen LogP contribution in [0.1, 0.15) is 34.1 Å². The van der Waals surface area contributed by atoms with Crippen LogP contribution in [0.15, 0.2) is 54.6 Å². The Morgan fingerprint density at radius 3 is 2.50 bits per heavy atom. The van der Waals surface area contributed by atoms with Crippen molar-refractivity contribution in [3.63, 3.8) is 0 Å². The van der Waals surface area contributed by atoms with Gasteiger partial charge in [-0.1, -0.05) is 37.3 Å². The van der Waals surface area contributed by atoms with E-state index in [2.05, 4.69) is 24.0 Å². The zero-order valence-electron chi connectivity index (χ0n) is 12.4. The summed E-state index contributed by atoms with van der Waals surface area (Å²) in [7, 11) is 0. The Balaban J connectivity index is 2.00. The SMILES string of the molecule is CCc1cc(Cc2ccc(C(=O)O)cc2)c2ccccc2n1. The van der Waals surface area contributed by atoms with Crippen LogP contribution in [-0.4, -0.2) is 16.1 Å². The predicted molar refractivity (Wildman–Crippen MR) is 87.3 cm³/mol. The second kappa shape index (κ2) is 5.98. The molecule has 0 unspecified atom stereocenters. The van der Waals surface area contributed by atoms with Crippen LogP contribution in [0.3, 0.4) is 0 Å². The summed E-state index contributed by atoms with van der Waals surface area (Å²) in [6.45, 7) is 2.10. The third-order valence-electron chi connectivity index (χ3n) is 3.81. The number of rotatable bonds is 4. The number of benzene rings is 2. The van der Waals surface area contributed by atoms with E-state index >= 15 is 0 Å². The molecule has 3 heteroatoms. The van der Waals surface area contributed by atoms with Crippen molar-refractivity contribution < 1.29 is 9.90 Å². The highest BCUT2D eigenvalue weighted by molar-refractivity contribution is 5.87. The maximum absolute atomic E-state index is 10.9. The molecule has 22 heavy (non-hydrogen) atoms. The molecule has 1 N–H and O–H groups in total. The van der Waals surface area contributed by atoms with Crippen molar-refractivity contribution in [2.75, 3.05) is 0 Å². The molecule has 0 amide bonds. The molecule has 1 heterocycles. The molecule has 3 aromatic rings. The van der Waals surface area contributed by atoms with Crippen LogP contribution in [0.5, 0.6) is 0 Å². The first-order chi connectivity index (χ1) is 10.7. The quantitative estimate of drug-likeness (QED) is 0.787. The minimum atomic E-state index is -0.894. The van der Waals surface area contributed by atoms with Gasteiger partial charge < -0.3 is 5.11 Å². The fraction of sp³-hybridized carbons (Fsp3) is 0.158. The number of carboxylic acid groups (broad SMARTS) is 1. The number of para-hydroxylation sites is 1. The van der Waals surface area contributed by atoms with Crippen molar-refractivity contribution in [1.82, 2.24) is 4.98 Å². The van der Waals surface area contributed by atoms with Gasteiger partial charge in [0.1, 0.15) is 0 Å². The Bertz CT molecular complexity index is 822. The molecule has 0 aliphatic carbocycles. The molecular formula is C19H17NO2. The summed E-state index contributed by atoms with van der Waals surface area (Å²) in [5.41, 5.74) is 4.74. The number of carboxylic acids is 1. The van der Waals surface area contributed by atoms with Crippen LogP contribution in [0.4, 0.5) is 0 Å². The highest BCUT2D eigenvalue weighted by atomic mass is 16.4. The van der Waals surface area contributed by atoms with E-state index in [0.29, 0.717) is 5.56 Å². The van der Waals surface area contributed by atoms with Gasteiger partial charge in [0, 0.05) is 11.1 Å². The lowest BCUT2D eigenvalue weighted by Crippen LogP contribution is -1.98. The largest absolute Gasteiger partial charge is 0.478 e. The van der Waals surface area contributed by atoms with E-state index in [4.69, 9.17) is 5.11 Å². The Kier molecular flexibility index (Phi) is 3.88. The predicted octanol–water partition coefficient (Wildman–Crippen LogP) is 4.09. The van der Waals surface area contributed by atoms with E-state index in [9.17, 15) is 4.79 Å². The van der Waals surface area contributed by atoms with Crippen LogP contribution in [0.2, 0.25) is 0 Å². The fourth-order valence-corrected chi connectivity index (χ4v) is 2.62. The van der Waals surface area contributed by atoms with E-state index in [1.165, 1.54) is 5.56 Å². The number of hydrogen-bond donors (Lipinski definition) is 1. The molecule has 0 radical (unpaired) electrons. The lowest BCUT2D eigenvalue weighted by molar-refractivity contribution is 0.0697. The molecule has 1 aromatic heterocycles. The first-order valence-electron chi connectivity index (χ1n) is 7.37. The normalized spacial score (nSPS) is 10.8. The summed E-state index contributed by atoms with van der Waals surface area (Å²) >= 11 is 0. The van der Waals surface area contributed by atoms with Crippen molar-refractivity contribution in [3.8, 4) is 0 Å². The van der Waals surface area contributed by atoms with Crippen LogP contribution in [0, 0.1) is 0 Å². The van der Waals surface area contributed by atoms with Gasteiger partial charge in [-0.25, -0.2) is 4.79 Å². The maximum atomic E-state index is 10.9. The summed E-state index contributed by atoms with van der Waals surface area (Å²) in [5.74, 6) is -0.894. The molecule has 0 aliphatic rings. The van der Waals surface area contributed by atoms with Gasteiger partial charge in [-0.3, -0.25) is 4.98 Å². The Morgan fingerprint density at radius 1 is 1.09 bits per heavy atom. The van der Waals surface area contributed by atoms with Gasteiger partial charge in [0.25, 0.3) is 0 Å². The molecule has 0 saturated heterocycles. The summed E-state index contributed by atoms with van der Waals surface area (Å²) in [5, 5.41) is 10.1. The number of fused-ring (bicyclic) bond motifs is 1. The minimum absolute atomic E-state index is 0.317. The number of aryl methyl sites for hydroxylation is 1. The molecule has 110 valence electrons. The Labute approximate surface area is 129 Å². The molecule has 0 aliphatic heterocycles. The second-order valence-electron chi connectivity index (χ2n) is 5.32. The van der Waals surface area contributed by atoms with E-state index in [1.807, 2.05) is 30.3 Å². The van der Waals surface area contributed by atoms with E-state index in [-0.39, 0.29) is 0 Å². The Morgan fingerprint density at radius 2 is 1.82 bits per heavy atom. The average Bonchev–Trinajstić information content (AvgIpc) is 2.55. The van der Waals surface area contributed by atoms with Crippen LogP contribution < -0.4 is 0 Å². The summed E-state index contributed by atoms with van der Waals surface area (Å²) < 4.78 is 0. The first-order valence-corrected chi connectivity index (χ1v) is 7.37. The number of nitrogens with zero attached hydrogens (tertiary/aromatic N) is 1. The zero-order valence-corrected chi connectivity index (χ0v) is 12.4. The third kappa shape index (κ3) is 2.84. The molecule has 3 nitrogen and oxygen atoms in total. The third-order valence-corrected chi connectivity index (χ3v) is 3.81. The van der Waals surface area contributed by atoms with Gasteiger partial charge >= 0.3 is 5.97 Å². The summed E-state index contributed by atoms with van der Waals surface area (Å²) in [6, 6.07) is 17.4. The van der Waals surface area contributed by atoms with Gasteiger partial charge in [0.2, 0.25) is 0 Å². The van der Waals surface area contributed by atoms with Crippen molar-refractivity contribution in [1.29, 1.82) is 0 Å². The molecule has 0 bridgehead atoms. The topological polar surface area (TPSA) is 50.2 Å². The highest BCUT2D eigenvalue weighted by Gasteiger charge is 2.07. The van der Waals surface area contributed by atoms with E-state index in [0.717, 1.165) is 35.0 Å². The monoisotopic (exact) mass is 291 g/mol. The van der Waals surface area contributed by atoms with Crippen molar-refractivity contribution >= 4 is 16.9 Å². The van der Waals surface area contributed by atoms with Gasteiger partial charge in [0.05, 0.1) is 11.1 Å². The molecule has 2 aromatic carbocycles. The van der Waals surface area contributed by atoms with E-state index < -0.39 is 5.97 Å². The molecule has 0 spiro atoms. The minimum Gasteiger partial charge on any atom is -0.478 e. The maximum Gasteiger partial charge on any atom is 0.335 e. The molecule has 3 rings (SSSR count). The number of aromatic carboxylic acids is 1. The van der Waals surface area contributed by atoms with Crippen LogP contribution >= 0.6 is 0 Å². The second-order valence-corrected chi connectivity index (χ2v) is 5.32. The number of hydrogen-bond acceptors (Lipinski definition) is 2. The van der Waals surface area contributed by atoms with Gasteiger partial charge in [-0.15, -0.1) is 0 Å². The summed E-state index contributed by atoms with van der Waals surface area (Å²) in [6.07, 6.45) is 1.67. The van der Waals surface area contributed by atoms with Gasteiger partial charge in [-0.05, 0) is 48.2 Å². The smallest absolute Gasteiger partial charge is 0.335 e. The van der Waals surface area contributed by atoms with Gasteiger partial charge in [0.15, 0.2) is 0 Å². The Hall–Kier alpha value is -2.68. The van der Waals surface area contributed by atoms with Crippen LogP contribution in [0.25, 0.3) is 10.9 Å². The van der Waals surface area contributed by atoms with Gasteiger partial charge in [-0.2, -0.15) is 0 Å². The molecule has 0 atom stereocenters. The highest BCUT2D eigenvalue weighted by Crippen LogP contribution is 2.22. The standard InChI is InChI=1S/C19H17NO2/c1-2-16-12-15(17-5-3-4-6-18(17)20-16)11-13-7-9-14(10-8-13)19(21)22/h3-10,12H,2,11H2,1H3,(H,21,22). The average molecular weight is 291 g/mol. The van der Waals surface area contributed by atoms with Crippen molar-refractivity contribution in [2.24, 2.45) is 0 Å². The first kappa shape index (κ1) is 14.3. The molecule has 0 fully saturated rings. The van der Waals surface area contributed by atoms with Crippen molar-refractivity contribution in [3.05, 3.63) is 77.0 Å².